The number of alkyl carbamates (subject to hydrolysis) is 1. The zero-order chi connectivity index (χ0) is 20.2. The van der Waals surface area contributed by atoms with Crippen molar-refractivity contribution in [2.24, 2.45) is 0 Å². The minimum Gasteiger partial charge on any atom is -0.464 e. The number of methoxy groups -OCH3 is 1. The van der Waals surface area contributed by atoms with E-state index in [2.05, 4.69) is 17.0 Å². The Labute approximate surface area is 167 Å². The Bertz CT molecular complexity index is 360. The third-order valence-corrected chi connectivity index (χ3v) is 4.87. The van der Waals surface area contributed by atoms with Crippen molar-refractivity contribution >= 4 is 12.1 Å². The van der Waals surface area contributed by atoms with E-state index in [9.17, 15) is 9.59 Å². The number of unbranched alkanes of at least 4 members (excludes halogenated alkanes) is 14. The summed E-state index contributed by atoms with van der Waals surface area (Å²) in [6.07, 6.45) is 19.0. The van der Waals surface area contributed by atoms with Crippen LogP contribution < -0.4 is 5.32 Å². The van der Waals surface area contributed by atoms with Crippen molar-refractivity contribution in [3.05, 3.63) is 0 Å². The second-order valence-corrected chi connectivity index (χ2v) is 7.47. The van der Waals surface area contributed by atoms with Crippen LogP contribution in [-0.4, -0.2) is 31.8 Å². The maximum atomic E-state index is 11.6. The molecular formula is C22H43NO4. The van der Waals surface area contributed by atoms with E-state index in [0.717, 1.165) is 12.8 Å². The molecule has 0 aliphatic heterocycles. The molecule has 0 radical (unpaired) electrons. The molecule has 0 heterocycles. The quantitative estimate of drug-likeness (QED) is 0.227. The Morgan fingerprint density at radius 3 is 1.56 bits per heavy atom. The summed E-state index contributed by atoms with van der Waals surface area (Å²) in [5.74, 6) is -0.411. The van der Waals surface area contributed by atoms with E-state index in [1.807, 2.05) is 0 Å². The summed E-state index contributed by atoms with van der Waals surface area (Å²) >= 11 is 0. The predicted molar refractivity (Wildman–Crippen MR) is 111 cm³/mol. The first-order valence-electron chi connectivity index (χ1n) is 11.1. The molecule has 160 valence electrons. The number of hydrogen-bond acceptors (Lipinski definition) is 4. The van der Waals surface area contributed by atoms with Crippen molar-refractivity contribution < 1.29 is 19.1 Å². The van der Waals surface area contributed by atoms with Gasteiger partial charge in [0.05, 0.1) is 13.7 Å². The minimum absolute atomic E-state index is 0.411. The summed E-state index contributed by atoms with van der Waals surface area (Å²) in [5, 5.41) is 2.40. The van der Waals surface area contributed by atoms with Gasteiger partial charge in [-0.25, -0.2) is 9.59 Å². The smallest absolute Gasteiger partial charge is 0.407 e. The van der Waals surface area contributed by atoms with Gasteiger partial charge in [-0.1, -0.05) is 96.8 Å². The fraction of sp³-hybridized carbons (Fsp3) is 0.909. The standard InChI is InChI=1S/C22H43NO4/c1-4-5-6-7-8-9-10-11-12-13-14-15-16-17-18-19-27-21(24)20(2)23-22(25)26-3/h20H,4-19H2,1-3H3,(H,23,25). The van der Waals surface area contributed by atoms with Gasteiger partial charge in [-0.2, -0.15) is 0 Å². The van der Waals surface area contributed by atoms with Gasteiger partial charge in [-0.05, 0) is 13.3 Å². The highest BCUT2D eigenvalue weighted by molar-refractivity contribution is 5.80. The number of hydrogen-bond donors (Lipinski definition) is 1. The molecule has 0 aliphatic carbocycles. The topological polar surface area (TPSA) is 64.6 Å². The lowest BCUT2D eigenvalue weighted by atomic mass is 10.0. The number of nitrogens with one attached hydrogen (secondary N) is 1. The van der Waals surface area contributed by atoms with E-state index < -0.39 is 18.1 Å². The monoisotopic (exact) mass is 385 g/mol. The molecule has 0 aliphatic rings. The van der Waals surface area contributed by atoms with Crippen LogP contribution in [0.1, 0.15) is 110 Å². The van der Waals surface area contributed by atoms with E-state index in [1.165, 1.54) is 90.6 Å². The Morgan fingerprint density at radius 2 is 1.15 bits per heavy atom. The number of ether oxygens (including phenoxy) is 2. The van der Waals surface area contributed by atoms with Crippen molar-refractivity contribution in [1.29, 1.82) is 0 Å². The molecule has 5 heteroatoms. The fourth-order valence-electron chi connectivity index (χ4n) is 3.07. The van der Waals surface area contributed by atoms with Gasteiger partial charge >= 0.3 is 12.1 Å². The molecule has 0 rings (SSSR count). The summed E-state index contributed by atoms with van der Waals surface area (Å²) in [6, 6.07) is -0.672. The molecule has 0 saturated carbocycles. The lowest BCUT2D eigenvalue weighted by Crippen LogP contribution is -2.39. The highest BCUT2D eigenvalue weighted by Crippen LogP contribution is 2.13. The SMILES string of the molecule is CCCCCCCCCCCCCCCCCOC(=O)C(C)NC(=O)OC. The van der Waals surface area contributed by atoms with Crippen molar-refractivity contribution in [2.75, 3.05) is 13.7 Å². The molecule has 0 aromatic rings. The molecule has 1 atom stereocenters. The Morgan fingerprint density at radius 1 is 0.741 bits per heavy atom. The number of rotatable bonds is 18. The van der Waals surface area contributed by atoms with Crippen molar-refractivity contribution in [3.8, 4) is 0 Å². The van der Waals surface area contributed by atoms with Crippen LogP contribution in [0.5, 0.6) is 0 Å². The molecule has 0 fully saturated rings. The second kappa shape index (κ2) is 19.5. The van der Waals surface area contributed by atoms with Crippen LogP contribution in [0, 0.1) is 0 Å². The van der Waals surface area contributed by atoms with Gasteiger partial charge in [-0.3, -0.25) is 0 Å². The van der Waals surface area contributed by atoms with Gasteiger partial charge in [0, 0.05) is 0 Å². The van der Waals surface area contributed by atoms with E-state index in [1.54, 1.807) is 6.92 Å². The van der Waals surface area contributed by atoms with Crippen LogP contribution in [0.15, 0.2) is 0 Å². The Kier molecular flexibility index (Phi) is 18.6. The molecular weight excluding hydrogens is 342 g/mol. The van der Waals surface area contributed by atoms with Crippen LogP contribution in [0.4, 0.5) is 4.79 Å². The molecule has 0 aromatic heterocycles. The number of carbonyl (C=O) groups excluding carboxylic acids is 2. The summed E-state index contributed by atoms with van der Waals surface area (Å²) in [5.41, 5.74) is 0. The maximum Gasteiger partial charge on any atom is 0.407 e. The first-order valence-corrected chi connectivity index (χ1v) is 11.1. The van der Waals surface area contributed by atoms with Crippen LogP contribution in [0.2, 0.25) is 0 Å². The van der Waals surface area contributed by atoms with Gasteiger partial charge in [0.1, 0.15) is 6.04 Å². The molecule has 0 saturated heterocycles. The Balaban J connectivity index is 3.25. The Hall–Kier alpha value is -1.26. The zero-order valence-electron chi connectivity index (χ0n) is 18.0. The number of esters is 1. The average Bonchev–Trinajstić information content (AvgIpc) is 2.67. The summed E-state index contributed by atoms with van der Waals surface area (Å²) in [4.78, 5) is 22.7. The third kappa shape index (κ3) is 17.9. The van der Waals surface area contributed by atoms with Gasteiger partial charge in [0.15, 0.2) is 0 Å². The van der Waals surface area contributed by atoms with Crippen molar-refractivity contribution in [2.45, 2.75) is 116 Å². The summed E-state index contributed by atoms with van der Waals surface area (Å²) in [6.45, 7) is 4.28. The first kappa shape index (κ1) is 25.7. The molecule has 0 aromatic carbocycles. The minimum atomic E-state index is -0.672. The molecule has 0 spiro atoms. The van der Waals surface area contributed by atoms with Crippen LogP contribution in [0.3, 0.4) is 0 Å². The highest BCUT2D eigenvalue weighted by atomic mass is 16.5. The molecule has 1 amide bonds. The van der Waals surface area contributed by atoms with E-state index in [4.69, 9.17) is 4.74 Å². The summed E-state index contributed by atoms with van der Waals surface area (Å²) in [7, 11) is 1.27. The predicted octanol–water partition coefficient (Wildman–Crippen LogP) is 6.15. The maximum absolute atomic E-state index is 11.6. The van der Waals surface area contributed by atoms with Crippen LogP contribution in [0.25, 0.3) is 0 Å². The van der Waals surface area contributed by atoms with Gasteiger partial charge < -0.3 is 14.8 Å². The largest absolute Gasteiger partial charge is 0.464 e. The van der Waals surface area contributed by atoms with Crippen LogP contribution in [-0.2, 0) is 14.3 Å². The van der Waals surface area contributed by atoms with Gasteiger partial charge in [0.2, 0.25) is 0 Å². The molecule has 1 N–H and O–H groups in total. The van der Waals surface area contributed by atoms with E-state index in [-0.39, 0.29) is 0 Å². The second-order valence-electron chi connectivity index (χ2n) is 7.47. The number of carbonyl (C=O) groups is 2. The third-order valence-electron chi connectivity index (χ3n) is 4.87. The molecule has 27 heavy (non-hydrogen) atoms. The number of amides is 1. The summed E-state index contributed by atoms with van der Waals surface area (Å²) < 4.78 is 9.60. The van der Waals surface area contributed by atoms with Gasteiger partial charge in [0.25, 0.3) is 0 Å². The molecule has 1 unspecified atom stereocenters. The highest BCUT2D eigenvalue weighted by Gasteiger charge is 2.16. The fourth-order valence-corrected chi connectivity index (χ4v) is 3.07. The van der Waals surface area contributed by atoms with Crippen molar-refractivity contribution in [3.63, 3.8) is 0 Å². The lowest BCUT2D eigenvalue weighted by molar-refractivity contribution is -0.145. The molecule has 5 nitrogen and oxygen atoms in total. The zero-order valence-corrected chi connectivity index (χ0v) is 18.0. The van der Waals surface area contributed by atoms with E-state index >= 15 is 0 Å². The first-order chi connectivity index (χ1) is 13.1. The lowest BCUT2D eigenvalue weighted by Gasteiger charge is -2.12. The van der Waals surface area contributed by atoms with Crippen molar-refractivity contribution in [1.82, 2.24) is 5.32 Å². The normalized spacial score (nSPS) is 11.8. The molecule has 0 bridgehead atoms. The van der Waals surface area contributed by atoms with Gasteiger partial charge in [-0.15, -0.1) is 0 Å². The average molecular weight is 386 g/mol. The van der Waals surface area contributed by atoms with Crippen LogP contribution >= 0.6 is 0 Å². The van der Waals surface area contributed by atoms with E-state index in [0.29, 0.717) is 6.61 Å².